The average Bonchev–Trinajstić information content (AvgIpc) is 2.58. The van der Waals surface area contributed by atoms with Gasteiger partial charge in [0.05, 0.1) is 0 Å². The van der Waals surface area contributed by atoms with Gasteiger partial charge in [-0.25, -0.2) is 0 Å². The second kappa shape index (κ2) is 5.80. The maximum atomic E-state index is 5.30. The van der Waals surface area contributed by atoms with Crippen LogP contribution in [0.1, 0.15) is 18.2 Å². The van der Waals surface area contributed by atoms with E-state index < -0.39 is 0 Å². The van der Waals surface area contributed by atoms with Gasteiger partial charge in [0.15, 0.2) is 0 Å². The number of rotatable bonds is 5. The lowest BCUT2D eigenvalue weighted by Crippen LogP contribution is -2.30. The number of hydrogen-bond acceptors (Lipinski definition) is 2. The summed E-state index contributed by atoms with van der Waals surface area (Å²) in [5, 5.41) is 5.49. The van der Waals surface area contributed by atoms with Gasteiger partial charge < -0.3 is 5.32 Å². The number of hydrogen-bond donors (Lipinski definition) is 1. The Kier molecular flexibility index (Phi) is 4.59. The average molecular weight is 193 g/mol. The molecule has 1 aromatic heterocycles. The van der Waals surface area contributed by atoms with Crippen molar-refractivity contribution in [2.75, 3.05) is 6.54 Å². The van der Waals surface area contributed by atoms with Crippen LogP contribution < -0.4 is 5.32 Å². The Morgan fingerprint density at radius 2 is 2.54 bits per heavy atom. The number of likely N-dealkylation sites (N-methyl/N-ethyl adjacent to an activating group) is 1. The first-order chi connectivity index (χ1) is 6.36. The van der Waals surface area contributed by atoms with E-state index in [2.05, 4.69) is 35.7 Å². The molecule has 1 atom stereocenters. The van der Waals surface area contributed by atoms with Gasteiger partial charge in [0, 0.05) is 17.3 Å². The normalized spacial score (nSPS) is 12.3. The molecular formula is C11H15NS. The van der Waals surface area contributed by atoms with Gasteiger partial charge in [-0.15, -0.1) is 23.7 Å². The third kappa shape index (κ3) is 3.63. The van der Waals surface area contributed by atoms with Crippen LogP contribution in [0, 0.1) is 12.3 Å². The minimum atomic E-state index is 0.439. The Bertz CT molecular complexity index is 258. The Labute approximate surface area is 84.2 Å². The molecule has 0 aliphatic carbocycles. The zero-order valence-electron chi connectivity index (χ0n) is 7.92. The summed E-state index contributed by atoms with van der Waals surface area (Å²) in [6, 6.07) is 4.68. The van der Waals surface area contributed by atoms with E-state index in [1.165, 1.54) is 4.88 Å². The summed E-state index contributed by atoms with van der Waals surface area (Å²) in [6.45, 7) is 3.09. The van der Waals surface area contributed by atoms with Gasteiger partial charge in [-0.2, -0.15) is 0 Å². The summed E-state index contributed by atoms with van der Waals surface area (Å²) in [7, 11) is 0. The summed E-state index contributed by atoms with van der Waals surface area (Å²) in [5.41, 5.74) is 0. The van der Waals surface area contributed by atoms with Crippen LogP contribution in [0.2, 0.25) is 0 Å². The minimum absolute atomic E-state index is 0.439. The Hall–Kier alpha value is -0.780. The summed E-state index contributed by atoms with van der Waals surface area (Å²) in [5.74, 6) is 2.71. The fraction of sp³-hybridized carbons (Fsp3) is 0.455. The highest BCUT2D eigenvalue weighted by Gasteiger charge is 2.06. The van der Waals surface area contributed by atoms with E-state index in [4.69, 9.17) is 6.42 Å². The first-order valence-electron chi connectivity index (χ1n) is 4.56. The molecule has 1 heterocycles. The molecule has 1 aromatic rings. The number of terminal acetylenes is 1. The lowest BCUT2D eigenvalue weighted by Gasteiger charge is -2.13. The summed E-state index contributed by atoms with van der Waals surface area (Å²) in [4.78, 5) is 1.40. The van der Waals surface area contributed by atoms with Crippen molar-refractivity contribution in [3.8, 4) is 12.3 Å². The molecule has 0 spiro atoms. The largest absolute Gasteiger partial charge is 0.313 e. The van der Waals surface area contributed by atoms with Crippen LogP contribution in [0.4, 0.5) is 0 Å². The molecule has 1 nitrogen and oxygen atoms in total. The van der Waals surface area contributed by atoms with Crippen LogP contribution in [0.15, 0.2) is 17.5 Å². The molecule has 1 N–H and O–H groups in total. The van der Waals surface area contributed by atoms with Gasteiger partial charge in [-0.05, 0) is 24.4 Å². The van der Waals surface area contributed by atoms with Crippen molar-refractivity contribution in [2.45, 2.75) is 25.8 Å². The van der Waals surface area contributed by atoms with E-state index in [0.717, 1.165) is 19.4 Å². The van der Waals surface area contributed by atoms with Crippen LogP contribution >= 0.6 is 11.3 Å². The van der Waals surface area contributed by atoms with Crippen molar-refractivity contribution >= 4 is 11.3 Å². The van der Waals surface area contributed by atoms with E-state index in [0.29, 0.717) is 6.04 Å². The van der Waals surface area contributed by atoms with Crippen LogP contribution in [0.5, 0.6) is 0 Å². The van der Waals surface area contributed by atoms with Gasteiger partial charge in [0.1, 0.15) is 0 Å². The molecule has 13 heavy (non-hydrogen) atoms. The second-order valence-electron chi connectivity index (χ2n) is 2.95. The van der Waals surface area contributed by atoms with E-state index in [-0.39, 0.29) is 0 Å². The van der Waals surface area contributed by atoms with Crippen LogP contribution in [-0.2, 0) is 6.42 Å². The molecule has 0 saturated carbocycles. The predicted molar refractivity (Wildman–Crippen MR) is 58.9 cm³/mol. The predicted octanol–water partition coefficient (Wildman–Crippen LogP) is 2.29. The van der Waals surface area contributed by atoms with Crippen molar-refractivity contribution in [3.63, 3.8) is 0 Å². The Morgan fingerprint density at radius 1 is 1.69 bits per heavy atom. The monoisotopic (exact) mass is 193 g/mol. The number of thiophene rings is 1. The fourth-order valence-corrected chi connectivity index (χ4v) is 2.11. The molecule has 0 bridgehead atoms. The zero-order chi connectivity index (χ0) is 9.52. The lowest BCUT2D eigenvalue weighted by atomic mass is 10.1. The Balaban J connectivity index is 2.43. The van der Waals surface area contributed by atoms with Gasteiger partial charge in [0.25, 0.3) is 0 Å². The fourth-order valence-electron chi connectivity index (χ4n) is 1.32. The third-order valence-electron chi connectivity index (χ3n) is 1.88. The van der Waals surface area contributed by atoms with Crippen LogP contribution in [0.25, 0.3) is 0 Å². The van der Waals surface area contributed by atoms with Gasteiger partial charge >= 0.3 is 0 Å². The molecule has 0 radical (unpaired) electrons. The standard InChI is InChI=1S/C11H15NS/c1-3-6-10(12-4-2)9-11-7-5-8-13-11/h1,5,7-8,10,12H,4,6,9H2,2H3. The van der Waals surface area contributed by atoms with Crippen LogP contribution in [0.3, 0.4) is 0 Å². The molecule has 70 valence electrons. The third-order valence-corrected chi connectivity index (χ3v) is 2.78. The molecule has 1 unspecified atom stereocenters. The van der Waals surface area contributed by atoms with E-state index in [1.54, 1.807) is 11.3 Å². The summed E-state index contributed by atoms with van der Waals surface area (Å²) < 4.78 is 0. The van der Waals surface area contributed by atoms with Gasteiger partial charge in [-0.1, -0.05) is 13.0 Å². The second-order valence-corrected chi connectivity index (χ2v) is 3.98. The summed E-state index contributed by atoms with van der Waals surface area (Å²) in [6.07, 6.45) is 7.16. The lowest BCUT2D eigenvalue weighted by molar-refractivity contribution is 0.538. The highest BCUT2D eigenvalue weighted by Crippen LogP contribution is 2.12. The Morgan fingerprint density at radius 3 is 3.08 bits per heavy atom. The van der Waals surface area contributed by atoms with Crippen molar-refractivity contribution < 1.29 is 0 Å². The van der Waals surface area contributed by atoms with E-state index in [1.807, 2.05) is 0 Å². The molecule has 0 aliphatic rings. The molecule has 1 rings (SSSR count). The highest BCUT2D eigenvalue weighted by atomic mass is 32.1. The smallest absolute Gasteiger partial charge is 0.0244 e. The van der Waals surface area contributed by atoms with Crippen molar-refractivity contribution in [1.82, 2.24) is 5.32 Å². The van der Waals surface area contributed by atoms with Crippen molar-refractivity contribution in [1.29, 1.82) is 0 Å². The minimum Gasteiger partial charge on any atom is -0.313 e. The van der Waals surface area contributed by atoms with E-state index >= 15 is 0 Å². The molecule has 0 saturated heterocycles. The maximum Gasteiger partial charge on any atom is 0.0244 e. The molecule has 0 aliphatic heterocycles. The number of nitrogens with one attached hydrogen (secondary N) is 1. The topological polar surface area (TPSA) is 12.0 Å². The van der Waals surface area contributed by atoms with E-state index in [9.17, 15) is 0 Å². The van der Waals surface area contributed by atoms with Gasteiger partial charge in [0.2, 0.25) is 0 Å². The zero-order valence-corrected chi connectivity index (χ0v) is 8.73. The SMILES string of the molecule is C#CCC(Cc1cccs1)NCC. The molecule has 0 fully saturated rings. The van der Waals surface area contributed by atoms with Crippen molar-refractivity contribution in [2.24, 2.45) is 0 Å². The van der Waals surface area contributed by atoms with Gasteiger partial charge in [-0.3, -0.25) is 0 Å². The maximum absolute atomic E-state index is 5.30. The first kappa shape index (κ1) is 10.3. The summed E-state index contributed by atoms with van der Waals surface area (Å²) >= 11 is 1.79. The first-order valence-corrected chi connectivity index (χ1v) is 5.44. The molecule has 0 aromatic carbocycles. The van der Waals surface area contributed by atoms with Crippen LogP contribution in [-0.4, -0.2) is 12.6 Å². The molecule has 2 heteroatoms. The van der Waals surface area contributed by atoms with Crippen molar-refractivity contribution in [3.05, 3.63) is 22.4 Å². The molecular weight excluding hydrogens is 178 g/mol. The quantitative estimate of drug-likeness (QED) is 0.707. The highest BCUT2D eigenvalue weighted by molar-refractivity contribution is 7.09. The molecule has 0 amide bonds.